The minimum Gasteiger partial charge on any atom is -0.490 e. The number of rotatable bonds is 5. The van der Waals surface area contributed by atoms with E-state index in [1.54, 1.807) is 6.07 Å². The largest absolute Gasteiger partial charge is 0.490 e. The number of amides is 2. The minimum atomic E-state index is -0.0870. The normalized spacial score (nSPS) is 20.1. The summed E-state index contributed by atoms with van der Waals surface area (Å²) in [6.45, 7) is 5.55. The van der Waals surface area contributed by atoms with Crippen molar-refractivity contribution in [1.29, 1.82) is 0 Å². The Balaban J connectivity index is 1.54. The lowest BCUT2D eigenvalue weighted by molar-refractivity contribution is -0.127. The van der Waals surface area contributed by atoms with Gasteiger partial charge in [0.1, 0.15) is 0 Å². The Morgan fingerprint density at radius 2 is 2.00 bits per heavy atom. The van der Waals surface area contributed by atoms with E-state index >= 15 is 0 Å². The molecule has 26 heavy (non-hydrogen) atoms. The van der Waals surface area contributed by atoms with Crippen molar-refractivity contribution in [1.82, 2.24) is 10.2 Å². The number of hydrogen-bond acceptors (Lipinski definition) is 5. The third-order valence-corrected chi connectivity index (χ3v) is 4.63. The Morgan fingerprint density at radius 3 is 2.81 bits per heavy atom. The van der Waals surface area contributed by atoms with Crippen molar-refractivity contribution in [2.24, 2.45) is 5.92 Å². The van der Waals surface area contributed by atoms with E-state index in [0.717, 1.165) is 25.8 Å². The van der Waals surface area contributed by atoms with Gasteiger partial charge in [-0.1, -0.05) is 0 Å². The molecule has 1 saturated heterocycles. The molecular weight excluding hydrogens is 334 g/mol. The van der Waals surface area contributed by atoms with Gasteiger partial charge < -0.3 is 20.1 Å². The van der Waals surface area contributed by atoms with Gasteiger partial charge in [0.2, 0.25) is 11.8 Å². The third-order valence-electron chi connectivity index (χ3n) is 4.63. The summed E-state index contributed by atoms with van der Waals surface area (Å²) in [4.78, 5) is 26.5. The van der Waals surface area contributed by atoms with E-state index in [0.29, 0.717) is 43.5 Å². The summed E-state index contributed by atoms with van der Waals surface area (Å²) in [5, 5.41) is 5.78. The van der Waals surface area contributed by atoms with Crippen molar-refractivity contribution in [2.75, 3.05) is 44.7 Å². The van der Waals surface area contributed by atoms with Gasteiger partial charge >= 0.3 is 0 Å². The molecule has 0 aliphatic carbocycles. The molecule has 2 N–H and O–H groups in total. The van der Waals surface area contributed by atoms with E-state index < -0.39 is 0 Å². The molecule has 2 heterocycles. The lowest BCUT2D eigenvalue weighted by Crippen LogP contribution is -2.45. The zero-order chi connectivity index (χ0) is 18.4. The van der Waals surface area contributed by atoms with Crippen LogP contribution in [0.4, 0.5) is 5.69 Å². The van der Waals surface area contributed by atoms with Crippen LogP contribution in [-0.2, 0) is 9.59 Å². The Bertz CT molecular complexity index is 650. The second-order valence-corrected chi connectivity index (χ2v) is 6.73. The molecule has 7 nitrogen and oxygen atoms in total. The highest BCUT2D eigenvalue weighted by Gasteiger charge is 2.26. The number of benzene rings is 1. The number of nitrogens with one attached hydrogen (secondary N) is 2. The highest BCUT2D eigenvalue weighted by molar-refractivity contribution is 5.92. The van der Waals surface area contributed by atoms with Crippen molar-refractivity contribution in [3.63, 3.8) is 0 Å². The summed E-state index contributed by atoms with van der Waals surface area (Å²) in [5.41, 5.74) is 0.691. The maximum atomic E-state index is 12.4. The molecule has 1 aromatic carbocycles. The monoisotopic (exact) mass is 361 g/mol. The quantitative estimate of drug-likeness (QED) is 0.833. The van der Waals surface area contributed by atoms with Crippen LogP contribution in [0, 0.1) is 5.92 Å². The SMILES string of the molecule is CCNC(=O)C1CCCN(CC(=O)Nc2ccc3c(c2)OCCCO3)C1. The van der Waals surface area contributed by atoms with Gasteiger partial charge in [-0.2, -0.15) is 0 Å². The maximum absolute atomic E-state index is 12.4. The summed E-state index contributed by atoms with van der Waals surface area (Å²) in [7, 11) is 0. The standard InChI is InChI=1S/C19H27N3O4/c1-2-20-19(24)14-5-3-8-22(12-14)13-18(23)21-15-6-7-16-17(11-15)26-10-4-9-25-16/h6-7,11,14H,2-5,8-10,12-13H2,1H3,(H,20,24)(H,21,23). The Labute approximate surface area is 154 Å². The zero-order valence-electron chi connectivity index (χ0n) is 15.3. The summed E-state index contributed by atoms with van der Waals surface area (Å²) in [5.74, 6) is 1.34. The van der Waals surface area contributed by atoms with Crippen LogP contribution in [0.25, 0.3) is 0 Å². The molecule has 0 radical (unpaired) electrons. The number of nitrogens with zero attached hydrogens (tertiary/aromatic N) is 1. The first-order valence-electron chi connectivity index (χ1n) is 9.35. The number of anilines is 1. The van der Waals surface area contributed by atoms with Gasteiger partial charge in [0, 0.05) is 31.3 Å². The summed E-state index contributed by atoms with van der Waals surface area (Å²) in [6.07, 6.45) is 2.66. The highest BCUT2D eigenvalue weighted by Crippen LogP contribution is 2.32. The fourth-order valence-electron chi connectivity index (χ4n) is 3.38. The van der Waals surface area contributed by atoms with Crippen molar-refractivity contribution in [3.05, 3.63) is 18.2 Å². The molecule has 7 heteroatoms. The van der Waals surface area contributed by atoms with Crippen molar-refractivity contribution in [2.45, 2.75) is 26.2 Å². The number of hydrogen-bond donors (Lipinski definition) is 2. The Kier molecular flexibility index (Phi) is 6.33. The minimum absolute atomic E-state index is 0.0328. The summed E-state index contributed by atoms with van der Waals surface area (Å²) >= 11 is 0. The second-order valence-electron chi connectivity index (χ2n) is 6.73. The molecule has 0 bridgehead atoms. The predicted molar refractivity (Wildman–Crippen MR) is 98.5 cm³/mol. The predicted octanol–water partition coefficient (Wildman–Crippen LogP) is 1.63. The average molecular weight is 361 g/mol. The number of carbonyl (C=O) groups is 2. The van der Waals surface area contributed by atoms with Gasteiger partial charge in [-0.15, -0.1) is 0 Å². The van der Waals surface area contributed by atoms with Crippen molar-refractivity contribution < 1.29 is 19.1 Å². The van der Waals surface area contributed by atoms with E-state index in [9.17, 15) is 9.59 Å². The number of carbonyl (C=O) groups excluding carboxylic acids is 2. The topological polar surface area (TPSA) is 79.9 Å². The van der Waals surface area contributed by atoms with Crippen LogP contribution in [-0.4, -0.2) is 56.1 Å². The lowest BCUT2D eigenvalue weighted by Gasteiger charge is -2.31. The second kappa shape index (κ2) is 8.89. The fraction of sp³-hybridized carbons (Fsp3) is 0.579. The third kappa shape index (κ3) is 4.88. The lowest BCUT2D eigenvalue weighted by atomic mass is 9.97. The number of likely N-dealkylation sites (tertiary alicyclic amines) is 1. The molecular formula is C19H27N3O4. The van der Waals surface area contributed by atoms with Crippen LogP contribution in [0.3, 0.4) is 0 Å². The number of fused-ring (bicyclic) bond motifs is 1. The Morgan fingerprint density at radius 1 is 1.19 bits per heavy atom. The molecule has 2 amide bonds. The molecule has 142 valence electrons. The highest BCUT2D eigenvalue weighted by atomic mass is 16.5. The smallest absolute Gasteiger partial charge is 0.238 e. The van der Waals surface area contributed by atoms with E-state index in [2.05, 4.69) is 10.6 Å². The van der Waals surface area contributed by atoms with Crippen LogP contribution < -0.4 is 20.1 Å². The molecule has 1 atom stereocenters. The molecule has 2 aliphatic rings. The van der Waals surface area contributed by atoms with Crippen molar-refractivity contribution in [3.8, 4) is 11.5 Å². The van der Waals surface area contributed by atoms with Crippen LogP contribution in [0.2, 0.25) is 0 Å². The molecule has 1 fully saturated rings. The summed E-state index contributed by atoms with van der Waals surface area (Å²) < 4.78 is 11.3. The van der Waals surface area contributed by atoms with Crippen LogP contribution in [0.15, 0.2) is 18.2 Å². The van der Waals surface area contributed by atoms with Gasteiger partial charge in [-0.25, -0.2) is 0 Å². The first kappa shape index (κ1) is 18.5. The molecule has 1 aromatic rings. The molecule has 3 rings (SSSR count). The fourth-order valence-corrected chi connectivity index (χ4v) is 3.38. The Hall–Kier alpha value is -2.28. The van der Waals surface area contributed by atoms with Gasteiger partial charge in [0.25, 0.3) is 0 Å². The van der Waals surface area contributed by atoms with Gasteiger partial charge in [-0.3, -0.25) is 14.5 Å². The first-order chi connectivity index (χ1) is 12.7. The molecule has 2 aliphatic heterocycles. The summed E-state index contributed by atoms with van der Waals surface area (Å²) in [6, 6.07) is 5.44. The molecule has 0 saturated carbocycles. The average Bonchev–Trinajstić information content (AvgIpc) is 2.87. The molecule has 1 unspecified atom stereocenters. The van der Waals surface area contributed by atoms with E-state index in [1.165, 1.54) is 0 Å². The number of piperidine rings is 1. The molecule has 0 spiro atoms. The van der Waals surface area contributed by atoms with Gasteiger partial charge in [-0.05, 0) is 38.4 Å². The van der Waals surface area contributed by atoms with E-state index in [1.807, 2.05) is 24.0 Å². The van der Waals surface area contributed by atoms with Crippen LogP contribution in [0.5, 0.6) is 11.5 Å². The van der Waals surface area contributed by atoms with E-state index in [4.69, 9.17) is 9.47 Å². The van der Waals surface area contributed by atoms with Gasteiger partial charge in [0.05, 0.1) is 25.7 Å². The first-order valence-corrected chi connectivity index (χ1v) is 9.35. The van der Waals surface area contributed by atoms with Crippen molar-refractivity contribution >= 4 is 17.5 Å². The van der Waals surface area contributed by atoms with Crippen LogP contribution in [0.1, 0.15) is 26.2 Å². The van der Waals surface area contributed by atoms with E-state index in [-0.39, 0.29) is 24.3 Å². The van der Waals surface area contributed by atoms with Crippen LogP contribution >= 0.6 is 0 Å². The number of ether oxygens (including phenoxy) is 2. The molecule has 0 aromatic heterocycles. The van der Waals surface area contributed by atoms with Gasteiger partial charge in [0.15, 0.2) is 11.5 Å². The maximum Gasteiger partial charge on any atom is 0.238 e. The zero-order valence-corrected chi connectivity index (χ0v) is 15.3.